The quantitative estimate of drug-likeness (QED) is 0.0504. The zero-order chi connectivity index (χ0) is 31.9. The van der Waals surface area contributed by atoms with Gasteiger partial charge in [-0.15, -0.1) is 0 Å². The van der Waals surface area contributed by atoms with Crippen LogP contribution in [0.2, 0.25) is 0 Å². The lowest BCUT2D eigenvalue weighted by molar-refractivity contribution is 0.0727. The molecule has 0 aliphatic heterocycles. The summed E-state index contributed by atoms with van der Waals surface area (Å²) >= 11 is 2.26. The van der Waals surface area contributed by atoms with Gasteiger partial charge in [-0.2, -0.15) is 5.10 Å². The summed E-state index contributed by atoms with van der Waals surface area (Å²) in [5, 5.41) is 5.13. The Morgan fingerprint density at radius 1 is 0.867 bits per heavy atom. The SMILES string of the molecule is CCOc1cc(C=NNC(=O)c2[nH]c3ccc(I)cc3c2-c2ccccc2)ccc1OC(=O)c1cc(OC)c(OC)c(OC)c1. The molecule has 1 heterocycles. The van der Waals surface area contributed by atoms with Crippen LogP contribution in [0.25, 0.3) is 22.0 Å². The average molecular weight is 720 g/mol. The normalized spacial score (nSPS) is 11.0. The Morgan fingerprint density at radius 3 is 2.27 bits per heavy atom. The highest BCUT2D eigenvalue weighted by Crippen LogP contribution is 2.39. The second kappa shape index (κ2) is 14.2. The lowest BCUT2D eigenvalue weighted by atomic mass is 10.0. The van der Waals surface area contributed by atoms with Gasteiger partial charge in [-0.1, -0.05) is 30.3 Å². The van der Waals surface area contributed by atoms with Crippen molar-refractivity contribution in [3.05, 3.63) is 99.3 Å². The van der Waals surface area contributed by atoms with E-state index in [4.69, 9.17) is 23.7 Å². The first kappa shape index (κ1) is 31.4. The topological polar surface area (TPSA) is 120 Å². The number of fused-ring (bicyclic) bond motifs is 1. The number of rotatable bonds is 11. The number of esters is 1. The van der Waals surface area contributed by atoms with Gasteiger partial charge in [0.1, 0.15) is 5.69 Å². The van der Waals surface area contributed by atoms with E-state index < -0.39 is 11.9 Å². The maximum atomic E-state index is 13.3. The molecule has 0 fully saturated rings. The van der Waals surface area contributed by atoms with E-state index in [1.54, 1.807) is 18.2 Å². The van der Waals surface area contributed by atoms with E-state index >= 15 is 0 Å². The Labute approximate surface area is 273 Å². The zero-order valence-electron chi connectivity index (χ0n) is 25.0. The van der Waals surface area contributed by atoms with Gasteiger partial charge in [-0.3, -0.25) is 4.79 Å². The third-order valence-electron chi connectivity index (χ3n) is 6.80. The maximum Gasteiger partial charge on any atom is 0.343 e. The molecule has 45 heavy (non-hydrogen) atoms. The minimum absolute atomic E-state index is 0.196. The summed E-state index contributed by atoms with van der Waals surface area (Å²) in [7, 11) is 4.41. The van der Waals surface area contributed by atoms with E-state index in [9.17, 15) is 9.59 Å². The molecular weight excluding hydrogens is 689 g/mol. The van der Waals surface area contributed by atoms with E-state index in [0.29, 0.717) is 40.9 Å². The lowest BCUT2D eigenvalue weighted by Crippen LogP contribution is -2.18. The van der Waals surface area contributed by atoms with E-state index in [1.165, 1.54) is 39.7 Å². The summed E-state index contributed by atoms with van der Waals surface area (Å²) in [6, 6.07) is 23.7. The highest BCUT2D eigenvalue weighted by molar-refractivity contribution is 14.1. The number of aromatic nitrogens is 1. The van der Waals surface area contributed by atoms with E-state index in [0.717, 1.165) is 25.6 Å². The molecule has 0 atom stereocenters. The maximum absolute atomic E-state index is 13.3. The van der Waals surface area contributed by atoms with Crippen molar-refractivity contribution in [1.82, 2.24) is 10.4 Å². The molecule has 11 heteroatoms. The highest BCUT2D eigenvalue weighted by atomic mass is 127. The molecule has 0 aliphatic carbocycles. The van der Waals surface area contributed by atoms with Crippen molar-refractivity contribution in [1.29, 1.82) is 0 Å². The van der Waals surface area contributed by atoms with E-state index in [2.05, 4.69) is 38.1 Å². The molecule has 0 spiro atoms. The Bertz CT molecular complexity index is 1860. The van der Waals surface area contributed by atoms with Crippen molar-refractivity contribution in [2.45, 2.75) is 6.92 Å². The number of benzene rings is 4. The second-order valence-corrected chi connectivity index (χ2v) is 10.8. The molecule has 2 N–H and O–H groups in total. The molecule has 0 aliphatic rings. The molecule has 1 amide bonds. The molecule has 5 aromatic rings. The molecule has 0 saturated heterocycles. The molecule has 10 nitrogen and oxygen atoms in total. The Hall–Kier alpha value is -5.04. The van der Waals surface area contributed by atoms with Crippen molar-refractivity contribution in [3.8, 4) is 39.9 Å². The summed E-state index contributed by atoms with van der Waals surface area (Å²) in [5.41, 5.74) is 6.39. The minimum Gasteiger partial charge on any atom is -0.493 e. The van der Waals surface area contributed by atoms with Crippen LogP contribution in [0.15, 0.2) is 84.0 Å². The second-order valence-electron chi connectivity index (χ2n) is 9.57. The first-order valence-corrected chi connectivity index (χ1v) is 14.9. The summed E-state index contributed by atoms with van der Waals surface area (Å²) in [6.07, 6.45) is 1.49. The Balaban J connectivity index is 1.36. The largest absolute Gasteiger partial charge is 0.493 e. The van der Waals surface area contributed by atoms with Crippen molar-refractivity contribution in [3.63, 3.8) is 0 Å². The van der Waals surface area contributed by atoms with Gasteiger partial charge in [0, 0.05) is 20.0 Å². The number of methoxy groups -OCH3 is 3. The summed E-state index contributed by atoms with van der Waals surface area (Å²) in [5.74, 6) is 0.490. The van der Waals surface area contributed by atoms with Gasteiger partial charge >= 0.3 is 5.97 Å². The van der Waals surface area contributed by atoms with Gasteiger partial charge in [0.2, 0.25) is 5.75 Å². The number of hydrazone groups is 1. The number of halogens is 1. The predicted octanol–water partition coefficient (Wildman–Crippen LogP) is 6.85. The van der Waals surface area contributed by atoms with Crippen LogP contribution in [0.5, 0.6) is 28.7 Å². The van der Waals surface area contributed by atoms with Gasteiger partial charge in [0.25, 0.3) is 5.91 Å². The van der Waals surface area contributed by atoms with Crippen LogP contribution in [-0.2, 0) is 0 Å². The standard InChI is InChI=1S/C34H30IN3O7/c1-5-44-27-15-20(11-14-26(27)45-34(40)22-16-28(41-2)32(43-4)29(17-22)42-3)19-36-38-33(39)31-30(21-9-7-6-8-10-21)24-18-23(35)12-13-25(24)37-31/h6-19,37H,5H2,1-4H3,(H,38,39). The summed E-state index contributed by atoms with van der Waals surface area (Å²) in [6.45, 7) is 2.14. The van der Waals surface area contributed by atoms with Crippen LogP contribution < -0.4 is 29.1 Å². The molecule has 5 rings (SSSR count). The fourth-order valence-electron chi connectivity index (χ4n) is 4.78. The number of ether oxygens (including phenoxy) is 5. The number of carbonyl (C=O) groups excluding carboxylic acids is 2. The number of H-pyrrole nitrogens is 1. The monoisotopic (exact) mass is 719 g/mol. The first-order chi connectivity index (χ1) is 21.9. The molecule has 4 aromatic carbocycles. The number of nitrogens with one attached hydrogen (secondary N) is 2. The number of hydrogen-bond donors (Lipinski definition) is 2. The van der Waals surface area contributed by atoms with Gasteiger partial charge in [0.05, 0.1) is 39.7 Å². The fourth-order valence-corrected chi connectivity index (χ4v) is 5.27. The molecule has 230 valence electrons. The fraction of sp³-hybridized carbons (Fsp3) is 0.147. The molecule has 0 unspecified atom stereocenters. The molecule has 0 radical (unpaired) electrons. The third kappa shape index (κ3) is 6.88. The number of nitrogens with zero attached hydrogens (tertiary/aromatic N) is 1. The highest BCUT2D eigenvalue weighted by Gasteiger charge is 2.21. The molecule has 1 aromatic heterocycles. The van der Waals surface area contributed by atoms with Gasteiger partial charge < -0.3 is 28.7 Å². The van der Waals surface area contributed by atoms with Crippen molar-refractivity contribution < 1.29 is 33.3 Å². The number of carbonyl (C=O) groups is 2. The smallest absolute Gasteiger partial charge is 0.343 e. The zero-order valence-corrected chi connectivity index (χ0v) is 27.1. The molecule has 0 bridgehead atoms. The summed E-state index contributed by atoms with van der Waals surface area (Å²) in [4.78, 5) is 29.7. The van der Waals surface area contributed by atoms with Crippen LogP contribution >= 0.6 is 22.6 Å². The number of aromatic amines is 1. The van der Waals surface area contributed by atoms with Gasteiger partial charge in [-0.05, 0) is 89.2 Å². The first-order valence-electron chi connectivity index (χ1n) is 13.9. The van der Waals surface area contributed by atoms with E-state index in [1.807, 2.05) is 55.5 Å². The van der Waals surface area contributed by atoms with Crippen LogP contribution in [0.1, 0.15) is 33.3 Å². The molecular formula is C34H30IN3O7. The third-order valence-corrected chi connectivity index (χ3v) is 7.47. The van der Waals surface area contributed by atoms with Crippen molar-refractivity contribution in [2.24, 2.45) is 5.10 Å². The van der Waals surface area contributed by atoms with Crippen molar-refractivity contribution in [2.75, 3.05) is 27.9 Å². The van der Waals surface area contributed by atoms with Gasteiger partial charge in [0.15, 0.2) is 23.0 Å². The molecule has 0 saturated carbocycles. The van der Waals surface area contributed by atoms with Crippen LogP contribution in [-0.4, -0.2) is 51.0 Å². The van der Waals surface area contributed by atoms with Gasteiger partial charge in [-0.25, -0.2) is 10.2 Å². The van der Waals surface area contributed by atoms with E-state index in [-0.39, 0.29) is 11.3 Å². The Morgan fingerprint density at radius 2 is 1.60 bits per heavy atom. The van der Waals surface area contributed by atoms with Crippen LogP contribution in [0.4, 0.5) is 0 Å². The average Bonchev–Trinajstić information content (AvgIpc) is 3.44. The lowest BCUT2D eigenvalue weighted by Gasteiger charge is -2.15. The Kier molecular flexibility index (Phi) is 9.88. The van der Waals surface area contributed by atoms with Crippen LogP contribution in [0.3, 0.4) is 0 Å². The van der Waals surface area contributed by atoms with Crippen molar-refractivity contribution >= 4 is 51.6 Å². The number of amides is 1. The summed E-state index contributed by atoms with van der Waals surface area (Å²) < 4.78 is 28.5. The van der Waals surface area contributed by atoms with Crippen LogP contribution in [0, 0.1) is 3.57 Å². The predicted molar refractivity (Wildman–Crippen MR) is 180 cm³/mol. The number of hydrogen-bond acceptors (Lipinski definition) is 8. The minimum atomic E-state index is -0.647.